The molecule has 1 aliphatic rings. The molecule has 2 aromatic heterocycles. The van der Waals surface area contributed by atoms with E-state index in [-0.39, 0.29) is 17.3 Å². The predicted octanol–water partition coefficient (Wildman–Crippen LogP) is 2.78. The first-order valence-electron chi connectivity index (χ1n) is 10.3. The smallest absolute Gasteiger partial charge is 0.310 e. The number of nitrogens with zero attached hydrogens (tertiary/aromatic N) is 6. The molecule has 172 valence electrons. The van der Waals surface area contributed by atoms with Crippen LogP contribution in [0.15, 0.2) is 36.5 Å². The number of carbonyl (C=O) groups is 1. The van der Waals surface area contributed by atoms with Crippen LogP contribution in [-0.2, 0) is 4.79 Å². The minimum Gasteiger partial charge on any atom is -0.481 e. The molecule has 33 heavy (non-hydrogen) atoms. The summed E-state index contributed by atoms with van der Waals surface area (Å²) in [5.74, 6) is -2.65. The Hall–Kier alpha value is -3.73. The lowest BCUT2D eigenvalue weighted by Gasteiger charge is -2.32. The lowest BCUT2D eigenvalue weighted by molar-refractivity contribution is -0.147. The van der Waals surface area contributed by atoms with Gasteiger partial charge in [0, 0.05) is 25.8 Å². The number of nitrogens with two attached hydrogens (primary N) is 1. The molecule has 0 saturated heterocycles. The molecule has 0 unspecified atom stereocenters. The van der Waals surface area contributed by atoms with Crippen molar-refractivity contribution in [3.63, 3.8) is 0 Å². The number of pyridine rings is 1. The molecule has 0 aliphatic carbocycles. The number of nitrogen functional groups attached to an aromatic ring is 1. The summed E-state index contributed by atoms with van der Waals surface area (Å²) in [6.45, 7) is 5.13. The van der Waals surface area contributed by atoms with Crippen LogP contribution in [0.1, 0.15) is 25.8 Å². The molecule has 0 spiro atoms. The zero-order chi connectivity index (χ0) is 23.8. The fourth-order valence-electron chi connectivity index (χ4n) is 3.75. The summed E-state index contributed by atoms with van der Waals surface area (Å²) in [6.07, 6.45) is 4.34. The largest absolute Gasteiger partial charge is 0.481 e. The van der Waals surface area contributed by atoms with Crippen LogP contribution in [0, 0.1) is 17.0 Å². The van der Waals surface area contributed by atoms with E-state index in [0.29, 0.717) is 31.6 Å². The maximum absolute atomic E-state index is 14.3. The van der Waals surface area contributed by atoms with E-state index < -0.39 is 23.0 Å². The van der Waals surface area contributed by atoms with Crippen LogP contribution in [-0.4, -0.2) is 60.8 Å². The van der Waals surface area contributed by atoms with Gasteiger partial charge in [-0.15, -0.1) is 5.10 Å². The monoisotopic (exact) mass is 455 g/mol. The number of hydrogen-bond donors (Lipinski definition) is 2. The number of hydrogen-bond acceptors (Lipinski definition) is 7. The number of rotatable bonds is 6. The summed E-state index contributed by atoms with van der Waals surface area (Å²) in [6, 6.07) is 5.50. The second-order valence-electron chi connectivity index (χ2n) is 8.55. The third-order valence-electron chi connectivity index (χ3n) is 5.65. The molecule has 0 atom stereocenters. The zero-order valence-corrected chi connectivity index (χ0v) is 18.2. The first-order chi connectivity index (χ1) is 15.7. The van der Waals surface area contributed by atoms with Crippen molar-refractivity contribution in [2.24, 2.45) is 5.41 Å². The highest BCUT2D eigenvalue weighted by Crippen LogP contribution is 2.31. The van der Waals surface area contributed by atoms with Crippen LogP contribution >= 0.6 is 0 Å². The Kier molecular flexibility index (Phi) is 5.90. The normalized spacial score (nSPS) is 14.8. The van der Waals surface area contributed by atoms with Gasteiger partial charge in [0.1, 0.15) is 11.5 Å². The minimum atomic E-state index is -1.08. The molecule has 9 nitrogen and oxygen atoms in total. The van der Waals surface area contributed by atoms with Crippen LogP contribution in [0.4, 0.5) is 14.6 Å². The molecule has 0 amide bonds. The molecule has 1 aromatic carbocycles. The SMILES string of the molecule is CC(C)(CN1CC=C(c2cnc(N)c(-c3nnnn3-c3cccc(F)c3F)c2)CC1)C(=O)O. The van der Waals surface area contributed by atoms with Gasteiger partial charge in [-0.25, -0.2) is 13.8 Å². The van der Waals surface area contributed by atoms with Gasteiger partial charge in [0.25, 0.3) is 0 Å². The molecule has 3 heterocycles. The lowest BCUT2D eigenvalue weighted by Crippen LogP contribution is -2.41. The van der Waals surface area contributed by atoms with E-state index in [2.05, 4.69) is 25.4 Å². The van der Waals surface area contributed by atoms with Gasteiger partial charge in [-0.1, -0.05) is 12.1 Å². The van der Waals surface area contributed by atoms with Gasteiger partial charge >= 0.3 is 5.97 Å². The topological polar surface area (TPSA) is 123 Å². The highest BCUT2D eigenvalue weighted by atomic mass is 19.2. The van der Waals surface area contributed by atoms with Gasteiger partial charge in [0.15, 0.2) is 17.5 Å². The third-order valence-corrected chi connectivity index (χ3v) is 5.65. The van der Waals surface area contributed by atoms with Gasteiger partial charge in [-0.2, -0.15) is 4.68 Å². The highest BCUT2D eigenvalue weighted by molar-refractivity contribution is 5.76. The maximum Gasteiger partial charge on any atom is 0.310 e. The second kappa shape index (κ2) is 8.66. The van der Waals surface area contributed by atoms with Gasteiger partial charge in [-0.3, -0.25) is 9.69 Å². The van der Waals surface area contributed by atoms with Crippen molar-refractivity contribution in [1.29, 1.82) is 0 Å². The van der Waals surface area contributed by atoms with Crippen molar-refractivity contribution in [3.8, 4) is 17.1 Å². The summed E-state index contributed by atoms with van der Waals surface area (Å²) in [4.78, 5) is 17.7. The van der Waals surface area contributed by atoms with E-state index in [1.165, 1.54) is 12.1 Å². The van der Waals surface area contributed by atoms with Crippen LogP contribution < -0.4 is 5.73 Å². The van der Waals surface area contributed by atoms with Crippen molar-refractivity contribution in [3.05, 3.63) is 53.7 Å². The van der Waals surface area contributed by atoms with E-state index in [1.54, 1.807) is 26.1 Å². The molecule has 0 radical (unpaired) electrons. The molecular formula is C22H23F2N7O2. The van der Waals surface area contributed by atoms with Crippen molar-refractivity contribution >= 4 is 17.4 Å². The van der Waals surface area contributed by atoms with E-state index in [4.69, 9.17) is 5.73 Å². The molecule has 0 fully saturated rings. The van der Waals surface area contributed by atoms with Crippen LogP contribution in [0.25, 0.3) is 22.6 Å². The zero-order valence-electron chi connectivity index (χ0n) is 18.2. The van der Waals surface area contributed by atoms with Crippen molar-refractivity contribution < 1.29 is 18.7 Å². The molecule has 0 saturated carbocycles. The van der Waals surface area contributed by atoms with Gasteiger partial charge < -0.3 is 10.8 Å². The summed E-state index contributed by atoms with van der Waals surface area (Å²) in [5, 5.41) is 20.7. The fourth-order valence-corrected chi connectivity index (χ4v) is 3.75. The molecule has 0 bridgehead atoms. The Morgan fingerprint density at radius 1 is 1.30 bits per heavy atom. The average molecular weight is 455 g/mol. The molecule has 11 heteroatoms. The van der Waals surface area contributed by atoms with Gasteiger partial charge in [-0.05, 0) is 60.0 Å². The summed E-state index contributed by atoms with van der Waals surface area (Å²) in [5.41, 5.74) is 7.29. The maximum atomic E-state index is 14.3. The van der Waals surface area contributed by atoms with E-state index in [9.17, 15) is 18.7 Å². The summed E-state index contributed by atoms with van der Waals surface area (Å²) >= 11 is 0. The molecule has 1 aliphatic heterocycles. The Bertz CT molecular complexity index is 1240. The molecular weight excluding hydrogens is 432 g/mol. The predicted molar refractivity (Wildman–Crippen MR) is 117 cm³/mol. The number of aliphatic carboxylic acids is 1. The number of carboxylic acids is 1. The van der Waals surface area contributed by atoms with Crippen molar-refractivity contribution in [2.45, 2.75) is 20.3 Å². The number of carboxylic acid groups (broad SMARTS) is 1. The quantitative estimate of drug-likeness (QED) is 0.582. The van der Waals surface area contributed by atoms with Crippen molar-refractivity contribution in [2.75, 3.05) is 25.4 Å². The van der Waals surface area contributed by atoms with Crippen LogP contribution in [0.3, 0.4) is 0 Å². The Morgan fingerprint density at radius 2 is 2.09 bits per heavy atom. The fraction of sp³-hybridized carbons (Fsp3) is 0.318. The van der Waals surface area contributed by atoms with Gasteiger partial charge in [0.05, 0.1) is 11.0 Å². The van der Waals surface area contributed by atoms with E-state index >= 15 is 0 Å². The Labute approximate surface area is 188 Å². The standard InChI is InChI=1S/C22H23F2N7O2/c1-22(2,21(32)33)12-30-8-6-13(7-9-30)14-10-15(19(25)26-11-14)20-27-28-29-31(20)17-5-3-4-16(23)18(17)24/h3-6,10-11H,7-9,12H2,1-2H3,(H2,25,26)(H,32,33). The minimum absolute atomic E-state index is 0.132. The number of benzene rings is 1. The molecule has 3 N–H and O–H groups in total. The average Bonchev–Trinajstić information content (AvgIpc) is 3.25. The molecule has 4 rings (SSSR count). The van der Waals surface area contributed by atoms with Crippen molar-refractivity contribution in [1.82, 2.24) is 30.1 Å². The number of aromatic nitrogens is 5. The van der Waals surface area contributed by atoms with Crippen LogP contribution in [0.2, 0.25) is 0 Å². The second-order valence-corrected chi connectivity index (χ2v) is 8.55. The highest BCUT2D eigenvalue weighted by Gasteiger charge is 2.30. The van der Waals surface area contributed by atoms with Gasteiger partial charge in [0.2, 0.25) is 0 Å². The Balaban J connectivity index is 1.63. The molecule has 3 aromatic rings. The first kappa shape index (κ1) is 22.5. The number of halogens is 2. The number of tetrazole rings is 1. The summed E-state index contributed by atoms with van der Waals surface area (Å²) < 4.78 is 29.2. The first-order valence-corrected chi connectivity index (χ1v) is 10.3. The number of anilines is 1. The van der Waals surface area contributed by atoms with E-state index in [1.807, 2.05) is 6.08 Å². The van der Waals surface area contributed by atoms with Crippen LogP contribution in [0.5, 0.6) is 0 Å². The lowest BCUT2D eigenvalue weighted by atomic mass is 9.91. The Morgan fingerprint density at radius 3 is 2.79 bits per heavy atom. The third kappa shape index (κ3) is 4.44. The summed E-state index contributed by atoms with van der Waals surface area (Å²) in [7, 11) is 0. The van der Waals surface area contributed by atoms with E-state index in [0.717, 1.165) is 21.9 Å².